The van der Waals surface area contributed by atoms with E-state index >= 15 is 0 Å². The maximum atomic E-state index is 13.3. The second-order valence-electron chi connectivity index (χ2n) is 6.20. The molecule has 0 bridgehead atoms. The molecule has 3 rings (SSSR count). The minimum atomic E-state index is -0.495. The molecule has 0 unspecified atom stereocenters. The molecule has 1 spiro atoms. The van der Waals surface area contributed by atoms with Crippen molar-refractivity contribution < 1.29 is 8.78 Å². The first kappa shape index (κ1) is 12.1. The molecule has 1 aromatic carbocycles. The number of benzene rings is 1. The Morgan fingerprint density at radius 3 is 2.06 bits per heavy atom. The normalized spacial score (nSPS) is 24.2. The molecular formula is C15H19F2N. The Labute approximate surface area is 106 Å². The van der Waals surface area contributed by atoms with Crippen molar-refractivity contribution in [3.05, 3.63) is 35.4 Å². The third-order valence-corrected chi connectivity index (χ3v) is 4.96. The predicted octanol–water partition coefficient (Wildman–Crippen LogP) is 3.52. The van der Waals surface area contributed by atoms with E-state index in [-0.39, 0.29) is 5.41 Å². The van der Waals surface area contributed by atoms with E-state index in [4.69, 9.17) is 5.73 Å². The first-order valence-corrected chi connectivity index (χ1v) is 6.74. The van der Waals surface area contributed by atoms with Crippen LogP contribution in [0.25, 0.3) is 0 Å². The van der Waals surface area contributed by atoms with Gasteiger partial charge in [-0.25, -0.2) is 8.78 Å². The molecule has 0 heterocycles. The van der Waals surface area contributed by atoms with Crippen LogP contribution in [-0.2, 0) is 5.41 Å². The molecule has 0 aromatic heterocycles. The van der Waals surface area contributed by atoms with Gasteiger partial charge in [0.15, 0.2) is 0 Å². The van der Waals surface area contributed by atoms with Crippen molar-refractivity contribution in [2.24, 2.45) is 11.1 Å². The zero-order valence-corrected chi connectivity index (χ0v) is 10.5. The lowest BCUT2D eigenvalue weighted by Gasteiger charge is -2.55. The van der Waals surface area contributed by atoms with Crippen LogP contribution in [0.3, 0.4) is 0 Å². The van der Waals surface area contributed by atoms with Gasteiger partial charge in [0.05, 0.1) is 0 Å². The minimum Gasteiger partial charge on any atom is -0.330 e. The fourth-order valence-corrected chi connectivity index (χ4v) is 4.19. The van der Waals surface area contributed by atoms with Crippen LogP contribution >= 0.6 is 0 Å². The average Bonchev–Trinajstić information content (AvgIpc) is 2.73. The van der Waals surface area contributed by atoms with Crippen LogP contribution in [0.15, 0.2) is 18.2 Å². The van der Waals surface area contributed by atoms with Crippen molar-refractivity contribution in [1.82, 2.24) is 0 Å². The SMILES string of the molecule is NCC1(c2cc(F)cc(F)c2)CC2(CCCC2)C1. The van der Waals surface area contributed by atoms with Gasteiger partial charge < -0.3 is 5.73 Å². The van der Waals surface area contributed by atoms with Crippen LogP contribution in [-0.4, -0.2) is 6.54 Å². The maximum absolute atomic E-state index is 13.3. The van der Waals surface area contributed by atoms with E-state index in [1.54, 1.807) is 0 Å². The summed E-state index contributed by atoms with van der Waals surface area (Å²) in [7, 11) is 0. The lowest BCUT2D eigenvalue weighted by Crippen LogP contribution is -2.52. The second-order valence-corrected chi connectivity index (χ2v) is 6.20. The largest absolute Gasteiger partial charge is 0.330 e. The van der Waals surface area contributed by atoms with Gasteiger partial charge in [0.2, 0.25) is 0 Å². The standard InChI is InChI=1S/C15H19F2N/c16-12-5-11(6-13(17)7-12)15(10-18)8-14(9-15)3-1-2-4-14/h5-7H,1-4,8-10,18H2. The number of hydrogen-bond donors (Lipinski definition) is 1. The predicted molar refractivity (Wildman–Crippen MR) is 67.2 cm³/mol. The van der Waals surface area contributed by atoms with Crippen molar-refractivity contribution in [2.75, 3.05) is 6.54 Å². The summed E-state index contributed by atoms with van der Waals surface area (Å²) < 4.78 is 26.7. The summed E-state index contributed by atoms with van der Waals surface area (Å²) in [4.78, 5) is 0. The zero-order chi connectivity index (χ0) is 12.8. The Kier molecular flexibility index (Phi) is 2.70. The van der Waals surface area contributed by atoms with Gasteiger partial charge in [-0.05, 0) is 48.8 Å². The molecule has 18 heavy (non-hydrogen) atoms. The smallest absolute Gasteiger partial charge is 0.126 e. The van der Waals surface area contributed by atoms with E-state index in [0.717, 1.165) is 24.5 Å². The number of halogens is 2. The van der Waals surface area contributed by atoms with Crippen molar-refractivity contribution >= 4 is 0 Å². The van der Waals surface area contributed by atoms with Gasteiger partial charge in [-0.15, -0.1) is 0 Å². The highest BCUT2D eigenvalue weighted by molar-refractivity contribution is 5.32. The van der Waals surface area contributed by atoms with Crippen LogP contribution in [0.5, 0.6) is 0 Å². The van der Waals surface area contributed by atoms with Gasteiger partial charge in [0, 0.05) is 18.0 Å². The molecule has 0 saturated heterocycles. The Bertz CT molecular complexity index is 435. The van der Waals surface area contributed by atoms with Crippen LogP contribution in [0, 0.1) is 17.0 Å². The zero-order valence-electron chi connectivity index (χ0n) is 10.5. The highest BCUT2D eigenvalue weighted by Gasteiger charge is 2.55. The molecule has 0 atom stereocenters. The van der Waals surface area contributed by atoms with Crippen molar-refractivity contribution in [3.8, 4) is 0 Å². The van der Waals surface area contributed by atoms with Gasteiger partial charge >= 0.3 is 0 Å². The first-order valence-electron chi connectivity index (χ1n) is 6.74. The summed E-state index contributed by atoms with van der Waals surface area (Å²) in [5, 5.41) is 0. The second kappa shape index (κ2) is 4.02. The van der Waals surface area contributed by atoms with E-state index in [0.29, 0.717) is 12.0 Å². The molecule has 0 amide bonds. The molecule has 1 aromatic rings. The van der Waals surface area contributed by atoms with Gasteiger partial charge in [0.1, 0.15) is 11.6 Å². The fraction of sp³-hybridized carbons (Fsp3) is 0.600. The van der Waals surface area contributed by atoms with E-state index in [9.17, 15) is 8.78 Å². The average molecular weight is 251 g/mol. The van der Waals surface area contributed by atoms with Gasteiger partial charge in [0.25, 0.3) is 0 Å². The van der Waals surface area contributed by atoms with Crippen LogP contribution in [0.4, 0.5) is 8.78 Å². The topological polar surface area (TPSA) is 26.0 Å². The first-order chi connectivity index (χ1) is 8.57. The molecule has 0 aliphatic heterocycles. The number of rotatable bonds is 2. The van der Waals surface area contributed by atoms with E-state index in [1.165, 1.54) is 37.8 Å². The maximum Gasteiger partial charge on any atom is 0.126 e. The molecule has 2 N–H and O–H groups in total. The third-order valence-electron chi connectivity index (χ3n) is 4.96. The lowest BCUT2D eigenvalue weighted by molar-refractivity contribution is 0.0325. The quantitative estimate of drug-likeness (QED) is 0.855. The molecule has 1 nitrogen and oxygen atoms in total. The van der Waals surface area contributed by atoms with Crippen molar-refractivity contribution in [3.63, 3.8) is 0 Å². The molecule has 2 saturated carbocycles. The summed E-state index contributed by atoms with van der Waals surface area (Å²) >= 11 is 0. The summed E-state index contributed by atoms with van der Waals surface area (Å²) in [5.41, 5.74) is 6.89. The summed E-state index contributed by atoms with van der Waals surface area (Å²) in [5.74, 6) is -0.990. The molecule has 98 valence electrons. The highest BCUT2D eigenvalue weighted by atomic mass is 19.1. The summed E-state index contributed by atoms with van der Waals surface area (Å²) in [6.45, 7) is 0.484. The molecule has 0 radical (unpaired) electrons. The Morgan fingerprint density at radius 1 is 1.00 bits per heavy atom. The number of hydrogen-bond acceptors (Lipinski definition) is 1. The molecule has 3 heteroatoms. The summed E-state index contributed by atoms with van der Waals surface area (Å²) in [6.07, 6.45) is 7.09. The minimum absolute atomic E-state index is 0.187. The Balaban J connectivity index is 1.89. The summed E-state index contributed by atoms with van der Waals surface area (Å²) in [6, 6.07) is 3.84. The van der Waals surface area contributed by atoms with Crippen LogP contribution in [0.1, 0.15) is 44.1 Å². The van der Waals surface area contributed by atoms with Gasteiger partial charge in [-0.1, -0.05) is 12.8 Å². The molecule has 2 aliphatic rings. The van der Waals surface area contributed by atoms with Crippen LogP contribution < -0.4 is 5.73 Å². The lowest BCUT2D eigenvalue weighted by atomic mass is 9.49. The van der Waals surface area contributed by atoms with Gasteiger partial charge in [-0.3, -0.25) is 0 Å². The van der Waals surface area contributed by atoms with E-state index in [1.807, 2.05) is 0 Å². The molecular weight excluding hydrogens is 232 g/mol. The van der Waals surface area contributed by atoms with Crippen LogP contribution in [0.2, 0.25) is 0 Å². The molecule has 2 aliphatic carbocycles. The monoisotopic (exact) mass is 251 g/mol. The fourth-order valence-electron chi connectivity index (χ4n) is 4.19. The van der Waals surface area contributed by atoms with E-state index < -0.39 is 11.6 Å². The van der Waals surface area contributed by atoms with Crippen molar-refractivity contribution in [1.29, 1.82) is 0 Å². The Hall–Kier alpha value is -0.960. The highest BCUT2D eigenvalue weighted by Crippen LogP contribution is 2.62. The van der Waals surface area contributed by atoms with Gasteiger partial charge in [-0.2, -0.15) is 0 Å². The Morgan fingerprint density at radius 2 is 1.56 bits per heavy atom. The molecule has 2 fully saturated rings. The van der Waals surface area contributed by atoms with Crippen molar-refractivity contribution in [2.45, 2.75) is 43.9 Å². The number of nitrogens with two attached hydrogens (primary N) is 1. The van der Waals surface area contributed by atoms with E-state index in [2.05, 4.69) is 0 Å². The third kappa shape index (κ3) is 1.76.